The van der Waals surface area contributed by atoms with Crippen molar-refractivity contribution in [2.24, 2.45) is 0 Å². The van der Waals surface area contributed by atoms with Gasteiger partial charge in [0.05, 0.1) is 24.1 Å². The first-order valence-corrected chi connectivity index (χ1v) is 12.8. The lowest BCUT2D eigenvalue weighted by atomic mass is 9.97. The van der Waals surface area contributed by atoms with E-state index < -0.39 is 6.04 Å². The molecule has 1 atom stereocenters. The van der Waals surface area contributed by atoms with Crippen LogP contribution in [0.5, 0.6) is 17.2 Å². The summed E-state index contributed by atoms with van der Waals surface area (Å²) in [5, 5.41) is 0.479. The lowest BCUT2D eigenvalue weighted by Crippen LogP contribution is -2.29. The molecule has 0 aliphatic carbocycles. The standard InChI is InChI=1S/C33H27NO5/c1-20-16-21(2)31-27(17-20)30(35)28-29(23-8-7-11-26(18-23)38-25-9-5-4-6-10-25)34(33(36)32(28)39-31)19-22-12-14-24(37-3)15-13-22/h4-18,29H,19H2,1-3H3. The Labute approximate surface area is 226 Å². The predicted molar refractivity (Wildman–Crippen MR) is 150 cm³/mol. The van der Waals surface area contributed by atoms with Crippen molar-refractivity contribution in [3.05, 3.63) is 135 Å². The Morgan fingerprint density at radius 3 is 2.31 bits per heavy atom. The number of hydrogen-bond acceptors (Lipinski definition) is 5. The smallest absolute Gasteiger partial charge is 0.291 e. The number of carbonyl (C=O) groups is 1. The lowest BCUT2D eigenvalue weighted by molar-refractivity contribution is 0.0714. The van der Waals surface area contributed by atoms with Crippen LogP contribution in [0.4, 0.5) is 0 Å². The van der Waals surface area contributed by atoms with Crippen LogP contribution in [0.2, 0.25) is 0 Å². The van der Waals surface area contributed by atoms with Crippen LogP contribution in [0.1, 0.15) is 44.4 Å². The van der Waals surface area contributed by atoms with Gasteiger partial charge in [-0.1, -0.05) is 48.5 Å². The van der Waals surface area contributed by atoms with Gasteiger partial charge in [0.2, 0.25) is 5.76 Å². The van der Waals surface area contributed by atoms with Crippen molar-refractivity contribution in [3.63, 3.8) is 0 Å². The van der Waals surface area contributed by atoms with Gasteiger partial charge in [0.25, 0.3) is 5.91 Å². The number of nitrogens with zero attached hydrogens (tertiary/aromatic N) is 1. The molecule has 4 aromatic carbocycles. The monoisotopic (exact) mass is 517 g/mol. The van der Waals surface area contributed by atoms with Crippen LogP contribution < -0.4 is 14.9 Å². The third-order valence-corrected chi connectivity index (χ3v) is 7.06. The van der Waals surface area contributed by atoms with Crippen LogP contribution >= 0.6 is 0 Å². The maximum Gasteiger partial charge on any atom is 0.291 e. The molecule has 5 aromatic rings. The number of ether oxygens (including phenoxy) is 2. The average molecular weight is 518 g/mol. The number of para-hydroxylation sites is 1. The molecule has 0 fully saturated rings. The maximum absolute atomic E-state index is 14.0. The fraction of sp³-hybridized carbons (Fsp3) is 0.152. The minimum absolute atomic E-state index is 0.0901. The molecule has 1 amide bonds. The molecule has 194 valence electrons. The van der Waals surface area contributed by atoms with Gasteiger partial charge in [-0.25, -0.2) is 0 Å². The summed E-state index contributed by atoms with van der Waals surface area (Å²) in [6.07, 6.45) is 0. The van der Waals surface area contributed by atoms with Crippen molar-refractivity contribution in [1.29, 1.82) is 0 Å². The van der Waals surface area contributed by atoms with E-state index >= 15 is 0 Å². The van der Waals surface area contributed by atoms with Gasteiger partial charge in [0, 0.05) is 6.54 Å². The van der Waals surface area contributed by atoms with Crippen LogP contribution in [0, 0.1) is 13.8 Å². The van der Waals surface area contributed by atoms with E-state index in [4.69, 9.17) is 13.9 Å². The van der Waals surface area contributed by atoms with Gasteiger partial charge in [-0.2, -0.15) is 0 Å². The number of methoxy groups -OCH3 is 1. The molecule has 1 unspecified atom stereocenters. The Bertz CT molecular complexity index is 1760. The molecular weight excluding hydrogens is 490 g/mol. The Morgan fingerprint density at radius 2 is 1.56 bits per heavy atom. The topological polar surface area (TPSA) is 69.0 Å². The second-order valence-electron chi connectivity index (χ2n) is 9.80. The van der Waals surface area contributed by atoms with Crippen molar-refractivity contribution in [1.82, 2.24) is 4.90 Å². The Hall–Kier alpha value is -4.84. The van der Waals surface area contributed by atoms with Gasteiger partial charge in [0.1, 0.15) is 22.8 Å². The van der Waals surface area contributed by atoms with Crippen LogP contribution in [-0.4, -0.2) is 17.9 Å². The molecule has 0 saturated heterocycles. The normalized spacial score (nSPS) is 14.5. The van der Waals surface area contributed by atoms with Crippen molar-refractivity contribution in [2.45, 2.75) is 26.4 Å². The maximum atomic E-state index is 14.0. The summed E-state index contributed by atoms with van der Waals surface area (Å²) < 4.78 is 17.6. The highest BCUT2D eigenvalue weighted by Gasteiger charge is 2.43. The van der Waals surface area contributed by atoms with Crippen molar-refractivity contribution in [2.75, 3.05) is 7.11 Å². The molecule has 6 rings (SSSR count). The van der Waals surface area contributed by atoms with E-state index in [1.807, 2.05) is 105 Å². The zero-order chi connectivity index (χ0) is 27.1. The minimum atomic E-state index is -0.643. The molecule has 2 heterocycles. The number of amides is 1. The SMILES string of the molecule is COc1ccc(CN2C(=O)c3oc4c(C)cc(C)cc4c(=O)c3C2c2cccc(Oc3ccccc3)c2)cc1. The summed E-state index contributed by atoms with van der Waals surface area (Å²) >= 11 is 0. The molecule has 1 aliphatic rings. The van der Waals surface area contributed by atoms with Crippen LogP contribution in [0.3, 0.4) is 0 Å². The van der Waals surface area contributed by atoms with Crippen molar-refractivity contribution >= 4 is 16.9 Å². The fourth-order valence-corrected chi connectivity index (χ4v) is 5.28. The summed E-state index contributed by atoms with van der Waals surface area (Å²) in [4.78, 5) is 29.6. The van der Waals surface area contributed by atoms with Gasteiger partial charge in [-0.3, -0.25) is 9.59 Å². The lowest BCUT2D eigenvalue weighted by Gasteiger charge is -2.25. The highest BCUT2D eigenvalue weighted by molar-refractivity contribution is 5.99. The van der Waals surface area contributed by atoms with Gasteiger partial charge in [0.15, 0.2) is 5.43 Å². The van der Waals surface area contributed by atoms with Crippen LogP contribution in [-0.2, 0) is 6.54 Å². The number of rotatable bonds is 6. The number of aryl methyl sites for hydroxylation is 2. The molecule has 0 spiro atoms. The molecule has 0 bridgehead atoms. The molecule has 6 heteroatoms. The number of hydrogen-bond donors (Lipinski definition) is 0. The number of fused-ring (bicyclic) bond motifs is 2. The number of carbonyl (C=O) groups excluding carboxylic acids is 1. The first kappa shape index (κ1) is 24.5. The zero-order valence-electron chi connectivity index (χ0n) is 21.9. The first-order chi connectivity index (χ1) is 18.9. The third kappa shape index (κ3) is 4.44. The largest absolute Gasteiger partial charge is 0.497 e. The molecule has 0 N–H and O–H groups in total. The Kier molecular flexibility index (Phi) is 6.15. The number of benzene rings is 4. The summed E-state index contributed by atoms with van der Waals surface area (Å²) in [6, 6.07) is 27.7. The van der Waals surface area contributed by atoms with Crippen LogP contribution in [0.25, 0.3) is 11.0 Å². The van der Waals surface area contributed by atoms with Gasteiger partial charge in [-0.05, 0) is 78.6 Å². The molecule has 6 nitrogen and oxygen atoms in total. The summed E-state index contributed by atoms with van der Waals surface area (Å²) in [5.74, 6) is 1.81. The highest BCUT2D eigenvalue weighted by Crippen LogP contribution is 2.41. The molecule has 39 heavy (non-hydrogen) atoms. The Balaban J connectivity index is 1.50. The minimum Gasteiger partial charge on any atom is -0.497 e. The predicted octanol–water partition coefficient (Wildman–Crippen LogP) is 6.96. The summed E-state index contributed by atoms with van der Waals surface area (Å²) in [5.41, 5.74) is 4.06. The van der Waals surface area contributed by atoms with E-state index in [0.29, 0.717) is 28.0 Å². The van der Waals surface area contributed by atoms with Crippen molar-refractivity contribution < 1.29 is 18.7 Å². The second-order valence-corrected chi connectivity index (χ2v) is 9.80. The molecule has 0 radical (unpaired) electrons. The van der Waals surface area contributed by atoms with E-state index in [1.165, 1.54) is 0 Å². The summed E-state index contributed by atoms with van der Waals surface area (Å²) in [6.45, 7) is 4.12. The second kappa shape index (κ2) is 9.80. The summed E-state index contributed by atoms with van der Waals surface area (Å²) in [7, 11) is 1.61. The zero-order valence-corrected chi connectivity index (χ0v) is 21.9. The Morgan fingerprint density at radius 1 is 0.821 bits per heavy atom. The van der Waals surface area contributed by atoms with Gasteiger partial charge >= 0.3 is 0 Å². The molecular formula is C33H27NO5. The third-order valence-electron chi connectivity index (χ3n) is 7.06. The van der Waals surface area contributed by atoms with Gasteiger partial charge < -0.3 is 18.8 Å². The van der Waals surface area contributed by atoms with Gasteiger partial charge in [-0.15, -0.1) is 0 Å². The average Bonchev–Trinajstić information content (AvgIpc) is 3.22. The van der Waals surface area contributed by atoms with E-state index in [0.717, 1.165) is 28.0 Å². The highest BCUT2D eigenvalue weighted by atomic mass is 16.5. The van der Waals surface area contributed by atoms with Crippen LogP contribution in [0.15, 0.2) is 100 Å². The van der Waals surface area contributed by atoms with E-state index in [1.54, 1.807) is 12.0 Å². The van der Waals surface area contributed by atoms with E-state index in [2.05, 4.69) is 0 Å². The molecule has 0 saturated carbocycles. The molecule has 1 aliphatic heterocycles. The van der Waals surface area contributed by atoms with Crippen molar-refractivity contribution in [3.8, 4) is 17.2 Å². The molecule has 1 aromatic heterocycles. The van der Waals surface area contributed by atoms with E-state index in [9.17, 15) is 9.59 Å². The van der Waals surface area contributed by atoms with E-state index in [-0.39, 0.29) is 23.6 Å². The first-order valence-electron chi connectivity index (χ1n) is 12.8. The quantitative estimate of drug-likeness (QED) is 0.244. The fourth-order valence-electron chi connectivity index (χ4n) is 5.28.